The summed E-state index contributed by atoms with van der Waals surface area (Å²) in [5.41, 5.74) is 2.22. The molecule has 1 aromatic heterocycles. The van der Waals surface area contributed by atoms with E-state index in [1.54, 1.807) is 16.4 Å². The Hall–Kier alpha value is -1.46. The molecule has 2 aromatic rings. The number of hydrogen-bond donors (Lipinski definition) is 2. The summed E-state index contributed by atoms with van der Waals surface area (Å²) < 4.78 is 1.75. The van der Waals surface area contributed by atoms with Gasteiger partial charge >= 0.3 is 0 Å². The van der Waals surface area contributed by atoms with E-state index in [1.807, 2.05) is 18.5 Å². The zero-order valence-electron chi connectivity index (χ0n) is 10.3. The van der Waals surface area contributed by atoms with Crippen molar-refractivity contribution in [2.45, 2.75) is 18.0 Å². The number of aliphatic hydroxyl groups is 1. The van der Waals surface area contributed by atoms with Crippen LogP contribution in [0.4, 0.5) is 5.69 Å². The first-order valence-electron chi connectivity index (χ1n) is 5.82. The van der Waals surface area contributed by atoms with Gasteiger partial charge in [0.25, 0.3) is 0 Å². The van der Waals surface area contributed by atoms with Crippen molar-refractivity contribution < 1.29 is 5.11 Å². The molecule has 0 bridgehead atoms. The van der Waals surface area contributed by atoms with Crippen LogP contribution in [0.2, 0.25) is 0 Å². The Morgan fingerprint density at radius 2 is 2.33 bits per heavy atom. The average Bonchev–Trinajstić information content (AvgIpc) is 2.85. The molecule has 2 N–H and O–H groups in total. The summed E-state index contributed by atoms with van der Waals surface area (Å²) in [5.74, 6) is 0. The van der Waals surface area contributed by atoms with Crippen molar-refractivity contribution in [1.29, 1.82) is 0 Å². The van der Waals surface area contributed by atoms with Gasteiger partial charge in [-0.05, 0) is 24.5 Å². The number of hydrogen-bond acceptors (Lipinski definition) is 4. The third kappa shape index (κ3) is 3.51. The standard InChI is InChI=1S/C13H17N3OS/c1-18-13-4-2-3-12(7-13)14-8-11-9-15-16(10-11)5-6-17/h2-4,7,9-10,14,17H,5-6,8H2,1H3. The molecule has 0 spiro atoms. The van der Waals surface area contributed by atoms with Crippen LogP contribution >= 0.6 is 11.8 Å². The van der Waals surface area contributed by atoms with Gasteiger partial charge in [0.2, 0.25) is 0 Å². The molecule has 1 heterocycles. The molecule has 0 aliphatic heterocycles. The van der Waals surface area contributed by atoms with E-state index in [9.17, 15) is 0 Å². The third-order valence-electron chi connectivity index (χ3n) is 2.58. The Morgan fingerprint density at radius 3 is 3.11 bits per heavy atom. The zero-order valence-corrected chi connectivity index (χ0v) is 11.2. The minimum atomic E-state index is 0.115. The van der Waals surface area contributed by atoms with Gasteiger partial charge in [-0.3, -0.25) is 4.68 Å². The summed E-state index contributed by atoms with van der Waals surface area (Å²) in [6.07, 6.45) is 5.83. The van der Waals surface area contributed by atoms with Crippen molar-refractivity contribution in [3.8, 4) is 0 Å². The number of thioether (sulfide) groups is 1. The second kappa shape index (κ2) is 6.47. The number of aliphatic hydroxyl groups excluding tert-OH is 1. The number of rotatable bonds is 6. The van der Waals surface area contributed by atoms with Gasteiger partial charge in [-0.15, -0.1) is 11.8 Å². The topological polar surface area (TPSA) is 50.1 Å². The highest BCUT2D eigenvalue weighted by atomic mass is 32.2. The summed E-state index contributed by atoms with van der Waals surface area (Å²) >= 11 is 1.73. The molecule has 0 aliphatic rings. The largest absolute Gasteiger partial charge is 0.394 e. The van der Waals surface area contributed by atoms with Gasteiger partial charge in [-0.2, -0.15) is 5.10 Å². The van der Waals surface area contributed by atoms with Crippen LogP contribution in [0.3, 0.4) is 0 Å². The summed E-state index contributed by atoms with van der Waals surface area (Å²) in [4.78, 5) is 1.25. The smallest absolute Gasteiger partial charge is 0.0640 e. The lowest BCUT2D eigenvalue weighted by Gasteiger charge is -2.06. The first-order valence-corrected chi connectivity index (χ1v) is 7.04. The lowest BCUT2D eigenvalue weighted by molar-refractivity contribution is 0.269. The van der Waals surface area contributed by atoms with Crippen molar-refractivity contribution in [3.63, 3.8) is 0 Å². The SMILES string of the molecule is CSc1cccc(NCc2cnn(CCO)c2)c1. The Balaban J connectivity index is 1.93. The van der Waals surface area contributed by atoms with E-state index in [2.05, 4.69) is 34.9 Å². The molecule has 2 rings (SSSR count). The molecule has 0 fully saturated rings. The highest BCUT2D eigenvalue weighted by Crippen LogP contribution is 2.19. The third-order valence-corrected chi connectivity index (χ3v) is 3.31. The van der Waals surface area contributed by atoms with Crippen LogP contribution in [0.1, 0.15) is 5.56 Å². The Morgan fingerprint density at radius 1 is 1.44 bits per heavy atom. The van der Waals surface area contributed by atoms with Gasteiger partial charge < -0.3 is 10.4 Å². The lowest BCUT2D eigenvalue weighted by atomic mass is 10.3. The first-order chi connectivity index (χ1) is 8.81. The van der Waals surface area contributed by atoms with Crippen molar-refractivity contribution in [1.82, 2.24) is 9.78 Å². The average molecular weight is 263 g/mol. The minimum absolute atomic E-state index is 0.115. The summed E-state index contributed by atoms with van der Waals surface area (Å²) in [5, 5.41) is 16.3. The van der Waals surface area contributed by atoms with E-state index in [1.165, 1.54) is 4.90 Å². The van der Waals surface area contributed by atoms with Crippen molar-refractivity contribution in [2.24, 2.45) is 0 Å². The molecule has 5 heteroatoms. The summed E-state index contributed by atoms with van der Waals surface area (Å²) in [7, 11) is 0. The predicted octanol–water partition coefficient (Wildman–Crippen LogP) is 2.21. The lowest BCUT2D eigenvalue weighted by Crippen LogP contribution is -2.02. The molecule has 0 atom stereocenters. The minimum Gasteiger partial charge on any atom is -0.394 e. The zero-order chi connectivity index (χ0) is 12.8. The molecule has 96 valence electrons. The van der Waals surface area contributed by atoms with E-state index in [-0.39, 0.29) is 6.61 Å². The van der Waals surface area contributed by atoms with Crippen molar-refractivity contribution in [2.75, 3.05) is 18.2 Å². The number of benzene rings is 1. The van der Waals surface area contributed by atoms with Gasteiger partial charge in [0.05, 0.1) is 19.3 Å². The molecule has 0 aliphatic carbocycles. The fraction of sp³-hybridized carbons (Fsp3) is 0.308. The van der Waals surface area contributed by atoms with E-state index in [4.69, 9.17) is 5.11 Å². The van der Waals surface area contributed by atoms with Crippen molar-refractivity contribution >= 4 is 17.4 Å². The molecule has 18 heavy (non-hydrogen) atoms. The highest BCUT2D eigenvalue weighted by Gasteiger charge is 1.99. The van der Waals surface area contributed by atoms with E-state index >= 15 is 0 Å². The number of anilines is 1. The molecule has 1 aromatic carbocycles. The van der Waals surface area contributed by atoms with Crippen LogP contribution in [0.25, 0.3) is 0 Å². The van der Waals surface area contributed by atoms with Gasteiger partial charge in [-0.25, -0.2) is 0 Å². The second-order valence-electron chi connectivity index (χ2n) is 3.92. The normalized spacial score (nSPS) is 10.6. The maximum Gasteiger partial charge on any atom is 0.0640 e. The fourth-order valence-corrected chi connectivity index (χ4v) is 2.12. The molecular weight excluding hydrogens is 246 g/mol. The van der Waals surface area contributed by atoms with Gasteiger partial charge in [0, 0.05) is 28.9 Å². The van der Waals surface area contributed by atoms with Gasteiger partial charge in [0.15, 0.2) is 0 Å². The van der Waals surface area contributed by atoms with Crippen LogP contribution in [-0.2, 0) is 13.1 Å². The van der Waals surface area contributed by atoms with Crippen LogP contribution in [0, 0.1) is 0 Å². The summed E-state index contributed by atoms with van der Waals surface area (Å²) in [6.45, 7) is 1.40. The van der Waals surface area contributed by atoms with E-state index in [0.717, 1.165) is 17.8 Å². The molecule has 0 radical (unpaired) electrons. The number of aromatic nitrogens is 2. The van der Waals surface area contributed by atoms with Crippen LogP contribution < -0.4 is 5.32 Å². The maximum absolute atomic E-state index is 8.82. The number of nitrogens with zero attached hydrogens (tertiary/aromatic N) is 2. The van der Waals surface area contributed by atoms with E-state index in [0.29, 0.717) is 6.54 Å². The Labute approximate surface area is 111 Å². The van der Waals surface area contributed by atoms with Gasteiger partial charge in [0.1, 0.15) is 0 Å². The molecule has 4 nitrogen and oxygen atoms in total. The fourth-order valence-electron chi connectivity index (χ4n) is 1.66. The van der Waals surface area contributed by atoms with Gasteiger partial charge in [-0.1, -0.05) is 6.07 Å². The first kappa shape index (κ1) is 13.0. The Bertz CT molecular complexity index is 498. The monoisotopic (exact) mass is 263 g/mol. The molecule has 0 amide bonds. The van der Waals surface area contributed by atoms with Crippen LogP contribution in [0.5, 0.6) is 0 Å². The highest BCUT2D eigenvalue weighted by molar-refractivity contribution is 7.98. The van der Waals surface area contributed by atoms with E-state index < -0.39 is 0 Å². The molecular formula is C13H17N3OS. The van der Waals surface area contributed by atoms with Crippen LogP contribution in [0.15, 0.2) is 41.6 Å². The maximum atomic E-state index is 8.82. The predicted molar refractivity (Wildman–Crippen MR) is 74.9 cm³/mol. The van der Waals surface area contributed by atoms with Crippen LogP contribution in [-0.4, -0.2) is 27.7 Å². The molecule has 0 saturated carbocycles. The van der Waals surface area contributed by atoms with Crippen molar-refractivity contribution in [3.05, 3.63) is 42.2 Å². The Kier molecular flexibility index (Phi) is 4.66. The quantitative estimate of drug-likeness (QED) is 0.785. The summed E-state index contributed by atoms with van der Waals surface area (Å²) in [6, 6.07) is 8.32. The molecule has 0 saturated heterocycles. The second-order valence-corrected chi connectivity index (χ2v) is 4.80. The molecule has 0 unspecified atom stereocenters. The number of nitrogens with one attached hydrogen (secondary N) is 1.